The van der Waals surface area contributed by atoms with E-state index in [0.29, 0.717) is 34.2 Å². The number of oxime groups is 1. The maximum Gasteiger partial charge on any atom is 0.269 e. The van der Waals surface area contributed by atoms with Crippen LogP contribution in [0.5, 0.6) is 0 Å². The Bertz CT molecular complexity index is 620. The number of nitrogens with zero attached hydrogens (tertiary/aromatic N) is 2. The molecule has 0 amide bonds. The topological polar surface area (TPSA) is 92.8 Å². The van der Waals surface area contributed by atoms with Gasteiger partial charge in [0.25, 0.3) is 5.69 Å². The van der Waals surface area contributed by atoms with E-state index < -0.39 is 4.92 Å². The van der Waals surface area contributed by atoms with E-state index in [9.17, 15) is 14.9 Å². The van der Waals surface area contributed by atoms with Crippen LogP contribution in [0.3, 0.4) is 0 Å². The van der Waals surface area contributed by atoms with Crippen molar-refractivity contribution in [1.82, 2.24) is 0 Å². The second-order valence-corrected chi connectivity index (χ2v) is 5.27. The molecule has 1 aromatic rings. The van der Waals surface area contributed by atoms with Gasteiger partial charge in [0.15, 0.2) is 5.78 Å². The molecule has 1 N–H and O–H groups in total. The van der Waals surface area contributed by atoms with Crippen LogP contribution in [0.4, 0.5) is 5.69 Å². The van der Waals surface area contributed by atoms with E-state index in [4.69, 9.17) is 5.21 Å². The van der Waals surface area contributed by atoms with Crippen molar-refractivity contribution in [2.45, 2.75) is 19.3 Å². The van der Waals surface area contributed by atoms with E-state index >= 15 is 0 Å². The number of Topliss-reactive ketones (excluding diaryl/α,β-unsaturated/α-hetero) is 1. The molecule has 1 aliphatic carbocycles. The Labute approximate surface area is 123 Å². The molecule has 0 spiro atoms. The van der Waals surface area contributed by atoms with Crippen LogP contribution in [0.25, 0.3) is 0 Å². The van der Waals surface area contributed by atoms with Crippen molar-refractivity contribution in [3.8, 4) is 0 Å². The van der Waals surface area contributed by atoms with Crippen molar-refractivity contribution in [3.63, 3.8) is 0 Å². The van der Waals surface area contributed by atoms with Gasteiger partial charge in [-0.2, -0.15) is 0 Å². The van der Waals surface area contributed by atoms with Gasteiger partial charge >= 0.3 is 0 Å². The van der Waals surface area contributed by atoms with Gasteiger partial charge in [0, 0.05) is 22.2 Å². The van der Waals surface area contributed by atoms with Crippen molar-refractivity contribution < 1.29 is 14.9 Å². The Morgan fingerprint density at radius 1 is 1.30 bits per heavy atom. The summed E-state index contributed by atoms with van der Waals surface area (Å²) in [6.45, 7) is 0. The van der Waals surface area contributed by atoms with Gasteiger partial charge in [0.1, 0.15) is 0 Å². The number of allylic oxidation sites excluding steroid dienone is 2. The molecule has 0 atom stereocenters. The van der Waals surface area contributed by atoms with Gasteiger partial charge in [0.2, 0.25) is 0 Å². The van der Waals surface area contributed by atoms with Crippen molar-refractivity contribution in [1.29, 1.82) is 0 Å². The van der Waals surface area contributed by atoms with Crippen molar-refractivity contribution in [2.24, 2.45) is 5.16 Å². The second kappa shape index (κ2) is 5.96. The molecule has 0 unspecified atom stereocenters. The third-order valence-electron chi connectivity index (χ3n) is 3.06. The number of nitro groups is 1. The first-order valence-corrected chi connectivity index (χ1v) is 6.73. The summed E-state index contributed by atoms with van der Waals surface area (Å²) < 4.78 is 0.694. The van der Waals surface area contributed by atoms with Crippen molar-refractivity contribution in [2.75, 3.05) is 0 Å². The van der Waals surface area contributed by atoms with Gasteiger partial charge in [-0.3, -0.25) is 14.9 Å². The number of nitro benzene ring substituents is 1. The summed E-state index contributed by atoms with van der Waals surface area (Å²) in [7, 11) is 0. The fourth-order valence-electron chi connectivity index (χ4n) is 2.05. The lowest BCUT2D eigenvalue weighted by atomic mass is 9.91. The van der Waals surface area contributed by atoms with E-state index in [0.717, 1.165) is 6.42 Å². The zero-order chi connectivity index (χ0) is 14.7. The second-order valence-electron chi connectivity index (χ2n) is 4.31. The number of carbonyl (C=O) groups is 1. The molecule has 6 nitrogen and oxygen atoms in total. The third-order valence-corrected chi connectivity index (χ3v) is 3.85. The van der Waals surface area contributed by atoms with Gasteiger partial charge in [-0.1, -0.05) is 21.1 Å². The SMILES string of the molecule is O=C(C1=C(Br)CCC/C1=N\O)c1ccc([N+](=O)[O-])cc1. The van der Waals surface area contributed by atoms with E-state index in [-0.39, 0.29) is 11.5 Å². The lowest BCUT2D eigenvalue weighted by Crippen LogP contribution is -2.18. The molecule has 0 saturated carbocycles. The van der Waals surface area contributed by atoms with Gasteiger partial charge in [0.05, 0.1) is 16.2 Å². The largest absolute Gasteiger partial charge is 0.411 e. The fourth-order valence-corrected chi connectivity index (χ4v) is 2.74. The molecule has 2 rings (SSSR count). The number of halogens is 1. The number of hydrogen-bond acceptors (Lipinski definition) is 5. The summed E-state index contributed by atoms with van der Waals surface area (Å²) >= 11 is 3.33. The molecule has 104 valence electrons. The predicted molar refractivity (Wildman–Crippen MR) is 76.5 cm³/mol. The van der Waals surface area contributed by atoms with Gasteiger partial charge < -0.3 is 5.21 Å². The number of rotatable bonds is 3. The molecular formula is C13H11BrN2O4. The normalized spacial score (nSPS) is 17.4. The lowest BCUT2D eigenvalue weighted by Gasteiger charge is -2.16. The Hall–Kier alpha value is -2.02. The average Bonchev–Trinajstić information content (AvgIpc) is 2.46. The molecule has 1 aromatic carbocycles. The maximum absolute atomic E-state index is 12.4. The molecule has 20 heavy (non-hydrogen) atoms. The molecule has 0 saturated heterocycles. The minimum atomic E-state index is -0.523. The van der Waals surface area contributed by atoms with E-state index in [1.807, 2.05) is 0 Å². The smallest absolute Gasteiger partial charge is 0.269 e. The highest BCUT2D eigenvalue weighted by atomic mass is 79.9. The lowest BCUT2D eigenvalue weighted by molar-refractivity contribution is -0.384. The first-order chi connectivity index (χ1) is 9.54. The van der Waals surface area contributed by atoms with Crippen LogP contribution in [-0.4, -0.2) is 21.6 Å². The monoisotopic (exact) mass is 338 g/mol. The van der Waals surface area contributed by atoms with Crippen molar-refractivity contribution in [3.05, 3.63) is 50.0 Å². The Morgan fingerprint density at radius 2 is 1.95 bits per heavy atom. The molecule has 0 aliphatic heterocycles. The molecule has 0 heterocycles. The molecule has 7 heteroatoms. The quantitative estimate of drug-likeness (QED) is 0.395. The summed E-state index contributed by atoms with van der Waals surface area (Å²) in [6, 6.07) is 5.36. The van der Waals surface area contributed by atoms with Gasteiger partial charge in [-0.25, -0.2) is 0 Å². The minimum absolute atomic E-state index is 0.0747. The number of ketones is 1. The van der Waals surface area contributed by atoms with Crippen molar-refractivity contribution >= 4 is 33.1 Å². The van der Waals surface area contributed by atoms with E-state index in [1.54, 1.807) is 0 Å². The summed E-state index contributed by atoms with van der Waals surface area (Å²) in [5, 5.41) is 22.7. The third kappa shape index (κ3) is 2.77. The first-order valence-electron chi connectivity index (χ1n) is 5.93. The summed E-state index contributed by atoms with van der Waals surface area (Å²) in [4.78, 5) is 22.5. The fraction of sp³-hybridized carbons (Fsp3) is 0.231. The van der Waals surface area contributed by atoms with Gasteiger partial charge in [-0.15, -0.1) is 0 Å². The van der Waals surface area contributed by atoms with Crippen LogP contribution in [0.1, 0.15) is 29.6 Å². The molecular weight excluding hydrogens is 328 g/mol. The number of non-ortho nitro benzene ring substituents is 1. The minimum Gasteiger partial charge on any atom is -0.411 e. The first kappa shape index (κ1) is 14.4. The summed E-state index contributed by atoms with van der Waals surface area (Å²) in [6.07, 6.45) is 2.03. The average molecular weight is 339 g/mol. The van der Waals surface area contributed by atoms with Crippen LogP contribution >= 0.6 is 15.9 Å². The highest BCUT2D eigenvalue weighted by molar-refractivity contribution is 9.11. The highest BCUT2D eigenvalue weighted by Crippen LogP contribution is 2.30. The Balaban J connectivity index is 2.37. The maximum atomic E-state index is 12.4. The number of hydrogen-bond donors (Lipinski definition) is 1. The Morgan fingerprint density at radius 3 is 2.50 bits per heavy atom. The number of benzene rings is 1. The van der Waals surface area contributed by atoms with Crippen LogP contribution in [-0.2, 0) is 0 Å². The zero-order valence-corrected chi connectivity index (χ0v) is 12.0. The molecule has 0 aromatic heterocycles. The Kier molecular flexibility index (Phi) is 4.29. The van der Waals surface area contributed by atoms with Crippen LogP contribution in [0.2, 0.25) is 0 Å². The van der Waals surface area contributed by atoms with E-state index in [1.165, 1.54) is 24.3 Å². The summed E-state index contributed by atoms with van der Waals surface area (Å²) in [5.41, 5.74) is 0.930. The molecule has 0 fully saturated rings. The predicted octanol–water partition coefficient (Wildman–Crippen LogP) is 3.44. The van der Waals surface area contributed by atoms with E-state index in [2.05, 4.69) is 21.1 Å². The molecule has 0 radical (unpaired) electrons. The van der Waals surface area contributed by atoms with Crippen LogP contribution < -0.4 is 0 Å². The standard InChI is InChI=1S/C13H11BrN2O4/c14-10-2-1-3-11(15-18)12(10)13(17)8-4-6-9(7-5-8)16(19)20/h4-7,18H,1-3H2/b15-11+. The zero-order valence-electron chi connectivity index (χ0n) is 10.4. The van der Waals surface area contributed by atoms with Crippen LogP contribution in [0, 0.1) is 10.1 Å². The number of carbonyl (C=O) groups excluding carboxylic acids is 1. The highest BCUT2D eigenvalue weighted by Gasteiger charge is 2.25. The van der Waals surface area contributed by atoms with Gasteiger partial charge in [-0.05, 0) is 31.4 Å². The van der Waals surface area contributed by atoms with Crippen LogP contribution in [0.15, 0.2) is 39.5 Å². The molecule has 1 aliphatic rings. The summed E-state index contributed by atoms with van der Waals surface area (Å²) in [5.74, 6) is -0.306. The molecule has 0 bridgehead atoms.